The van der Waals surface area contributed by atoms with Crippen molar-refractivity contribution < 1.29 is 14.1 Å². The summed E-state index contributed by atoms with van der Waals surface area (Å²) < 4.78 is 6.48. The molecule has 3 aliphatic rings. The molecule has 0 bridgehead atoms. The van der Waals surface area contributed by atoms with Gasteiger partial charge in [0.05, 0.1) is 29.5 Å². The molecule has 8 nitrogen and oxygen atoms in total. The molecule has 2 fully saturated rings. The zero-order valence-corrected chi connectivity index (χ0v) is 20.4. The predicted octanol–water partition coefficient (Wildman–Crippen LogP) is 4.17. The second-order valence-electron chi connectivity index (χ2n) is 9.62. The molecule has 176 valence electrons. The minimum absolute atomic E-state index is 0.00912. The molecule has 3 atom stereocenters. The first-order valence-corrected chi connectivity index (χ1v) is 12.6. The number of piperidine rings is 1. The number of likely N-dealkylation sites (tertiary alicyclic amines) is 1. The zero-order chi connectivity index (χ0) is 23.7. The third-order valence-electron chi connectivity index (χ3n) is 7.56. The minimum Gasteiger partial charge on any atom is -0.356 e. The van der Waals surface area contributed by atoms with Crippen LogP contribution in [0.5, 0.6) is 0 Å². The van der Waals surface area contributed by atoms with Crippen molar-refractivity contribution in [1.82, 2.24) is 25.2 Å². The van der Waals surface area contributed by atoms with Gasteiger partial charge in [0, 0.05) is 40.0 Å². The van der Waals surface area contributed by atoms with Crippen LogP contribution >= 0.6 is 15.9 Å². The smallest absolute Gasteiger partial charge is 0.255 e. The van der Waals surface area contributed by atoms with Crippen molar-refractivity contribution >= 4 is 38.6 Å². The monoisotopic (exact) mass is 531 g/mol. The van der Waals surface area contributed by atoms with E-state index in [4.69, 9.17) is 4.52 Å². The Morgan fingerprint density at radius 2 is 2.00 bits per heavy atom. The second kappa shape index (κ2) is 7.78. The van der Waals surface area contributed by atoms with Crippen LogP contribution in [0.15, 0.2) is 57.7 Å². The standard InChI is InChI=1S/C26H22BrN5O3/c27-16-10-17(18-12-28-29-21(18)11-16)25(33)32-22-8-15(22)9-23(32)26(34)31-7-6-20-19(13-31)24(35-30-20)14-4-2-1-3-5-14/h1-5,10-12,15,22-23H,6-9,13H2,(H,28,29)/t15-,22-,23+/m0/s1. The first-order chi connectivity index (χ1) is 17.1. The number of carbonyl (C=O) groups is 2. The molecule has 4 heterocycles. The van der Waals surface area contributed by atoms with Crippen molar-refractivity contribution in [3.8, 4) is 11.3 Å². The van der Waals surface area contributed by atoms with Crippen LogP contribution in [0.1, 0.15) is 34.5 Å². The first-order valence-electron chi connectivity index (χ1n) is 11.9. The maximum atomic E-state index is 13.8. The van der Waals surface area contributed by atoms with Crippen LogP contribution in [0.3, 0.4) is 0 Å². The lowest BCUT2D eigenvalue weighted by Crippen LogP contribution is -2.50. The number of aromatic amines is 1. The summed E-state index contributed by atoms with van der Waals surface area (Å²) in [5.74, 6) is 1.02. The second-order valence-corrected chi connectivity index (χ2v) is 10.5. The molecule has 4 aromatic rings. The highest BCUT2D eigenvalue weighted by atomic mass is 79.9. The van der Waals surface area contributed by atoms with E-state index in [2.05, 4.69) is 31.3 Å². The molecule has 35 heavy (non-hydrogen) atoms. The molecule has 7 rings (SSSR count). The third kappa shape index (κ3) is 3.32. The van der Waals surface area contributed by atoms with Gasteiger partial charge in [-0.05, 0) is 30.9 Å². The number of hydrogen-bond acceptors (Lipinski definition) is 5. The van der Waals surface area contributed by atoms with E-state index in [1.807, 2.05) is 52.3 Å². The quantitative estimate of drug-likeness (QED) is 0.428. The summed E-state index contributed by atoms with van der Waals surface area (Å²) >= 11 is 3.51. The van der Waals surface area contributed by atoms with Gasteiger partial charge in [-0.2, -0.15) is 5.10 Å². The van der Waals surface area contributed by atoms with Crippen molar-refractivity contribution in [3.63, 3.8) is 0 Å². The Balaban J connectivity index is 1.18. The van der Waals surface area contributed by atoms with Gasteiger partial charge in [-0.1, -0.05) is 51.4 Å². The highest BCUT2D eigenvalue weighted by Crippen LogP contribution is 2.49. The van der Waals surface area contributed by atoms with Crippen molar-refractivity contribution in [3.05, 3.63) is 70.0 Å². The van der Waals surface area contributed by atoms with E-state index in [-0.39, 0.29) is 17.9 Å². The molecule has 1 aliphatic carbocycles. The Morgan fingerprint density at radius 1 is 1.14 bits per heavy atom. The van der Waals surface area contributed by atoms with Crippen molar-refractivity contribution in [1.29, 1.82) is 0 Å². The number of fused-ring (bicyclic) bond motifs is 3. The minimum atomic E-state index is -0.450. The molecule has 0 unspecified atom stereocenters. The molecule has 9 heteroatoms. The molecule has 2 aliphatic heterocycles. The number of halogens is 1. The van der Waals surface area contributed by atoms with Crippen molar-refractivity contribution in [2.75, 3.05) is 6.54 Å². The van der Waals surface area contributed by atoms with Gasteiger partial charge in [0.25, 0.3) is 5.91 Å². The van der Waals surface area contributed by atoms with Crippen LogP contribution < -0.4 is 0 Å². The van der Waals surface area contributed by atoms with E-state index in [0.717, 1.165) is 50.8 Å². The van der Waals surface area contributed by atoms with E-state index in [0.29, 0.717) is 31.0 Å². The van der Waals surface area contributed by atoms with E-state index in [9.17, 15) is 9.59 Å². The molecule has 1 N–H and O–H groups in total. The Kier molecular flexibility index (Phi) is 4.64. The topological polar surface area (TPSA) is 95.3 Å². The maximum Gasteiger partial charge on any atom is 0.255 e. The Hall–Kier alpha value is -3.46. The van der Waals surface area contributed by atoms with Crippen LogP contribution in [0.25, 0.3) is 22.2 Å². The number of aromatic nitrogens is 3. The fourth-order valence-corrected chi connectivity index (χ4v) is 6.19. The van der Waals surface area contributed by atoms with Gasteiger partial charge in [-0.25, -0.2) is 0 Å². The van der Waals surface area contributed by atoms with Gasteiger partial charge >= 0.3 is 0 Å². The van der Waals surface area contributed by atoms with Crippen LogP contribution in [-0.4, -0.2) is 55.6 Å². The largest absolute Gasteiger partial charge is 0.356 e. The van der Waals surface area contributed by atoms with Crippen LogP contribution in [0, 0.1) is 5.92 Å². The number of hydrogen-bond donors (Lipinski definition) is 1. The Morgan fingerprint density at radius 3 is 2.86 bits per heavy atom. The van der Waals surface area contributed by atoms with Crippen molar-refractivity contribution in [2.24, 2.45) is 5.92 Å². The molecular weight excluding hydrogens is 510 g/mol. The van der Waals surface area contributed by atoms with Crippen LogP contribution in [0.4, 0.5) is 0 Å². The molecule has 2 aromatic heterocycles. The summed E-state index contributed by atoms with van der Waals surface area (Å²) in [7, 11) is 0. The average Bonchev–Trinajstić information content (AvgIpc) is 3.21. The normalized spacial score (nSPS) is 22.8. The number of nitrogens with one attached hydrogen (secondary N) is 1. The molecule has 1 saturated carbocycles. The number of benzene rings is 2. The fourth-order valence-electron chi connectivity index (χ4n) is 5.73. The molecule has 1 saturated heterocycles. The van der Waals surface area contributed by atoms with Crippen LogP contribution in [-0.2, 0) is 17.8 Å². The maximum absolute atomic E-state index is 13.8. The van der Waals surface area contributed by atoms with Gasteiger partial charge in [0.1, 0.15) is 6.04 Å². The van der Waals surface area contributed by atoms with Gasteiger partial charge in [0.15, 0.2) is 5.76 Å². The Bertz CT molecular complexity index is 1480. The molecule has 0 spiro atoms. The summed E-state index contributed by atoms with van der Waals surface area (Å²) in [6, 6.07) is 13.3. The van der Waals surface area contributed by atoms with Gasteiger partial charge in [-0.3, -0.25) is 14.7 Å². The SMILES string of the molecule is O=C([C@H]1C[C@@H]2C[C@@H]2N1C(=O)c1cc(Br)cc2[nH]ncc12)N1CCc2noc(-c3ccccc3)c2C1. The van der Waals surface area contributed by atoms with E-state index in [1.165, 1.54) is 0 Å². The summed E-state index contributed by atoms with van der Waals surface area (Å²) in [5.41, 5.74) is 4.19. The summed E-state index contributed by atoms with van der Waals surface area (Å²) in [6.45, 7) is 1.02. The highest BCUT2D eigenvalue weighted by Gasteiger charge is 2.57. The van der Waals surface area contributed by atoms with E-state index < -0.39 is 6.04 Å². The molecule has 2 aromatic carbocycles. The summed E-state index contributed by atoms with van der Waals surface area (Å²) in [6.07, 6.45) is 4.00. The summed E-state index contributed by atoms with van der Waals surface area (Å²) in [4.78, 5) is 31.3. The van der Waals surface area contributed by atoms with Gasteiger partial charge < -0.3 is 14.3 Å². The number of nitrogens with zero attached hydrogens (tertiary/aromatic N) is 4. The van der Waals surface area contributed by atoms with Gasteiger partial charge in [-0.15, -0.1) is 0 Å². The average molecular weight is 532 g/mol. The number of amides is 2. The zero-order valence-electron chi connectivity index (χ0n) is 18.8. The van der Waals surface area contributed by atoms with Gasteiger partial charge in [0.2, 0.25) is 5.91 Å². The highest BCUT2D eigenvalue weighted by molar-refractivity contribution is 9.10. The summed E-state index contributed by atoms with van der Waals surface area (Å²) in [5, 5.41) is 12.1. The number of carbonyl (C=O) groups excluding carboxylic acids is 2. The number of rotatable bonds is 3. The lowest BCUT2D eigenvalue weighted by molar-refractivity contribution is -0.136. The van der Waals surface area contributed by atoms with Crippen molar-refractivity contribution in [2.45, 2.75) is 37.9 Å². The molecule has 0 radical (unpaired) electrons. The molecule has 2 amide bonds. The van der Waals surface area contributed by atoms with E-state index in [1.54, 1.807) is 6.20 Å². The Labute approximate surface area is 209 Å². The van der Waals surface area contributed by atoms with E-state index >= 15 is 0 Å². The number of H-pyrrole nitrogens is 1. The lowest BCUT2D eigenvalue weighted by Gasteiger charge is -2.34. The predicted molar refractivity (Wildman–Crippen MR) is 131 cm³/mol. The fraction of sp³-hybridized carbons (Fsp3) is 0.308. The molecular formula is C26H22BrN5O3. The lowest BCUT2D eigenvalue weighted by atomic mass is 10.00. The third-order valence-corrected chi connectivity index (χ3v) is 8.02. The first kappa shape index (κ1) is 20.9. The van der Waals surface area contributed by atoms with Crippen LogP contribution in [0.2, 0.25) is 0 Å².